The van der Waals surface area contributed by atoms with E-state index in [9.17, 15) is 14.9 Å². The van der Waals surface area contributed by atoms with Gasteiger partial charge in [-0.15, -0.1) is 0 Å². The van der Waals surface area contributed by atoms with E-state index in [1.165, 1.54) is 18.2 Å². The molecule has 1 heterocycles. The van der Waals surface area contributed by atoms with Crippen LogP contribution in [0.15, 0.2) is 58.2 Å². The molecule has 3 aromatic rings. The standard InChI is InChI=1S/C17H13BrN4O4/c18-14-7-12(22(24)25)5-6-16(14)26-10-17(23)21-20-9-11-8-19-15-4-2-1-3-13(11)15/h1-9,19H,10H2,(H,21,23)/b20-9+. The molecule has 0 spiro atoms. The molecule has 3 rings (SSSR count). The van der Waals surface area contributed by atoms with E-state index in [1.807, 2.05) is 24.3 Å². The highest BCUT2D eigenvalue weighted by Crippen LogP contribution is 2.28. The third-order valence-corrected chi connectivity index (χ3v) is 4.12. The van der Waals surface area contributed by atoms with Crippen molar-refractivity contribution in [2.75, 3.05) is 6.61 Å². The van der Waals surface area contributed by atoms with Gasteiger partial charge >= 0.3 is 0 Å². The maximum Gasteiger partial charge on any atom is 0.277 e. The number of nitrogens with one attached hydrogen (secondary N) is 2. The van der Waals surface area contributed by atoms with Gasteiger partial charge in [0.1, 0.15) is 5.75 Å². The minimum absolute atomic E-state index is 0.0722. The summed E-state index contributed by atoms with van der Waals surface area (Å²) in [4.78, 5) is 25.1. The molecule has 0 aliphatic heterocycles. The smallest absolute Gasteiger partial charge is 0.277 e. The summed E-state index contributed by atoms with van der Waals surface area (Å²) in [6.07, 6.45) is 3.34. The number of para-hydroxylation sites is 1. The van der Waals surface area contributed by atoms with Crippen molar-refractivity contribution in [3.63, 3.8) is 0 Å². The number of non-ortho nitro benzene ring substituents is 1. The Morgan fingerprint density at radius 3 is 2.92 bits per heavy atom. The van der Waals surface area contributed by atoms with Gasteiger partial charge in [0, 0.05) is 34.8 Å². The fourth-order valence-electron chi connectivity index (χ4n) is 2.27. The summed E-state index contributed by atoms with van der Waals surface area (Å²) in [5.74, 6) is -0.127. The van der Waals surface area contributed by atoms with E-state index in [0.29, 0.717) is 10.2 Å². The third kappa shape index (κ3) is 4.06. The van der Waals surface area contributed by atoms with E-state index in [4.69, 9.17) is 4.74 Å². The van der Waals surface area contributed by atoms with Gasteiger partial charge in [0.2, 0.25) is 0 Å². The lowest BCUT2D eigenvalue weighted by atomic mass is 10.2. The van der Waals surface area contributed by atoms with Gasteiger partial charge in [-0.1, -0.05) is 18.2 Å². The van der Waals surface area contributed by atoms with Crippen LogP contribution in [0.4, 0.5) is 5.69 Å². The number of carbonyl (C=O) groups is 1. The molecule has 0 saturated carbocycles. The zero-order valence-electron chi connectivity index (χ0n) is 13.3. The van der Waals surface area contributed by atoms with Crippen LogP contribution in [0.5, 0.6) is 5.75 Å². The van der Waals surface area contributed by atoms with Crippen LogP contribution >= 0.6 is 15.9 Å². The van der Waals surface area contributed by atoms with Crippen molar-refractivity contribution < 1.29 is 14.5 Å². The number of benzene rings is 2. The lowest BCUT2D eigenvalue weighted by molar-refractivity contribution is -0.384. The number of amides is 1. The zero-order chi connectivity index (χ0) is 18.5. The third-order valence-electron chi connectivity index (χ3n) is 3.50. The highest BCUT2D eigenvalue weighted by molar-refractivity contribution is 9.10. The van der Waals surface area contributed by atoms with Crippen molar-refractivity contribution >= 4 is 44.6 Å². The topological polar surface area (TPSA) is 110 Å². The SMILES string of the molecule is O=C(COc1ccc([N+](=O)[O-])cc1Br)N/N=C/c1c[nH]c2ccccc12. The van der Waals surface area contributed by atoms with Gasteiger partial charge in [0.15, 0.2) is 6.61 Å². The molecule has 9 heteroatoms. The van der Waals surface area contributed by atoms with Gasteiger partial charge in [-0.3, -0.25) is 14.9 Å². The molecule has 2 aromatic carbocycles. The van der Waals surface area contributed by atoms with Crippen LogP contribution in [0.3, 0.4) is 0 Å². The largest absolute Gasteiger partial charge is 0.483 e. The number of aromatic nitrogens is 1. The van der Waals surface area contributed by atoms with Gasteiger partial charge in [-0.2, -0.15) is 5.10 Å². The maximum atomic E-state index is 11.8. The Morgan fingerprint density at radius 2 is 2.15 bits per heavy atom. The van der Waals surface area contributed by atoms with Crippen LogP contribution in [-0.4, -0.2) is 28.6 Å². The number of H-pyrrole nitrogens is 1. The van der Waals surface area contributed by atoms with Crippen LogP contribution in [0.1, 0.15) is 5.56 Å². The molecule has 0 saturated heterocycles. The Morgan fingerprint density at radius 1 is 1.35 bits per heavy atom. The first-order chi connectivity index (χ1) is 12.5. The highest BCUT2D eigenvalue weighted by Gasteiger charge is 2.11. The number of rotatable bonds is 6. The Hall–Kier alpha value is -3.20. The molecular weight excluding hydrogens is 404 g/mol. The summed E-state index contributed by atoms with van der Waals surface area (Å²) in [5.41, 5.74) is 4.13. The second-order valence-corrected chi connectivity index (χ2v) is 6.10. The molecule has 1 aromatic heterocycles. The van der Waals surface area contributed by atoms with E-state index < -0.39 is 10.8 Å². The molecule has 0 bridgehead atoms. The molecule has 0 atom stereocenters. The number of hydrogen-bond acceptors (Lipinski definition) is 5. The van der Waals surface area contributed by atoms with E-state index in [0.717, 1.165) is 16.5 Å². The normalized spacial score (nSPS) is 11.0. The number of carbonyl (C=O) groups excluding carboxylic acids is 1. The summed E-state index contributed by atoms with van der Waals surface area (Å²) in [5, 5.41) is 15.6. The number of fused-ring (bicyclic) bond motifs is 1. The van der Waals surface area contributed by atoms with Gasteiger partial charge in [0.25, 0.3) is 11.6 Å². The molecule has 8 nitrogen and oxygen atoms in total. The number of nitrogens with zero attached hydrogens (tertiary/aromatic N) is 2. The molecule has 26 heavy (non-hydrogen) atoms. The minimum atomic E-state index is -0.513. The van der Waals surface area contributed by atoms with Crippen molar-refractivity contribution in [3.05, 3.63) is 68.8 Å². The second-order valence-electron chi connectivity index (χ2n) is 5.24. The predicted molar refractivity (Wildman–Crippen MR) is 100 cm³/mol. The second kappa shape index (κ2) is 7.79. The number of aromatic amines is 1. The first-order valence-electron chi connectivity index (χ1n) is 7.49. The first-order valence-corrected chi connectivity index (χ1v) is 8.28. The highest BCUT2D eigenvalue weighted by atomic mass is 79.9. The fraction of sp³-hybridized carbons (Fsp3) is 0.0588. The summed E-state index contributed by atoms with van der Waals surface area (Å²) in [6, 6.07) is 11.8. The van der Waals surface area contributed by atoms with Crippen LogP contribution in [0.2, 0.25) is 0 Å². The van der Waals surface area contributed by atoms with Crippen molar-refractivity contribution in [1.82, 2.24) is 10.4 Å². The van der Waals surface area contributed by atoms with Crippen LogP contribution in [0, 0.1) is 10.1 Å². The van der Waals surface area contributed by atoms with E-state index in [-0.39, 0.29) is 12.3 Å². The van der Waals surface area contributed by atoms with Gasteiger partial charge in [-0.25, -0.2) is 5.43 Å². The Bertz CT molecular complexity index is 999. The average molecular weight is 417 g/mol. The Labute approximate surface area is 156 Å². The van der Waals surface area contributed by atoms with Crippen LogP contribution in [0.25, 0.3) is 10.9 Å². The van der Waals surface area contributed by atoms with Gasteiger partial charge < -0.3 is 9.72 Å². The van der Waals surface area contributed by atoms with Crippen molar-refractivity contribution in [1.29, 1.82) is 0 Å². The maximum absolute atomic E-state index is 11.8. The molecule has 0 aliphatic carbocycles. The quantitative estimate of drug-likeness (QED) is 0.364. The Kier molecular flexibility index (Phi) is 5.28. The van der Waals surface area contributed by atoms with E-state index in [1.54, 1.807) is 12.4 Å². The fourth-order valence-corrected chi connectivity index (χ4v) is 2.75. The predicted octanol–water partition coefficient (Wildman–Crippen LogP) is 3.37. The van der Waals surface area contributed by atoms with Crippen LogP contribution < -0.4 is 10.2 Å². The molecule has 0 fully saturated rings. The molecule has 0 radical (unpaired) electrons. The molecule has 1 amide bonds. The Balaban J connectivity index is 1.55. The molecule has 0 aliphatic rings. The number of hydrogen-bond donors (Lipinski definition) is 2. The molecule has 2 N–H and O–H groups in total. The molecule has 132 valence electrons. The zero-order valence-corrected chi connectivity index (χ0v) is 14.9. The first kappa shape index (κ1) is 17.6. The van der Waals surface area contributed by atoms with Gasteiger partial charge in [-0.05, 0) is 28.1 Å². The van der Waals surface area contributed by atoms with Crippen molar-refractivity contribution in [3.8, 4) is 5.75 Å². The lowest BCUT2D eigenvalue weighted by Crippen LogP contribution is -2.24. The summed E-state index contributed by atoms with van der Waals surface area (Å²) in [7, 11) is 0. The monoisotopic (exact) mass is 416 g/mol. The molecular formula is C17H13BrN4O4. The number of halogens is 1. The lowest BCUT2D eigenvalue weighted by Gasteiger charge is -2.06. The van der Waals surface area contributed by atoms with Crippen molar-refractivity contribution in [2.45, 2.75) is 0 Å². The van der Waals surface area contributed by atoms with E-state index in [2.05, 4.69) is 31.4 Å². The summed E-state index contributed by atoms with van der Waals surface area (Å²) < 4.78 is 5.72. The van der Waals surface area contributed by atoms with E-state index >= 15 is 0 Å². The number of hydrazone groups is 1. The minimum Gasteiger partial charge on any atom is -0.483 e. The average Bonchev–Trinajstić information content (AvgIpc) is 3.04. The van der Waals surface area contributed by atoms with Crippen LogP contribution in [-0.2, 0) is 4.79 Å². The summed E-state index contributed by atoms with van der Waals surface area (Å²) in [6.45, 7) is -0.276. The van der Waals surface area contributed by atoms with Gasteiger partial charge in [0.05, 0.1) is 15.6 Å². The van der Waals surface area contributed by atoms with Crippen molar-refractivity contribution in [2.24, 2.45) is 5.10 Å². The number of nitro benzene ring substituents is 1. The molecule has 0 unspecified atom stereocenters. The number of ether oxygens (including phenoxy) is 1. The number of nitro groups is 1. The summed E-state index contributed by atoms with van der Waals surface area (Å²) >= 11 is 3.17.